The fourth-order valence-corrected chi connectivity index (χ4v) is 2.86. The van der Waals surface area contributed by atoms with E-state index in [0.717, 1.165) is 15.8 Å². The number of fused-ring (bicyclic) bond motifs is 1. The maximum Gasteiger partial charge on any atom is 0.258 e. The van der Waals surface area contributed by atoms with Crippen molar-refractivity contribution in [3.05, 3.63) is 53.4 Å². The van der Waals surface area contributed by atoms with Gasteiger partial charge in [0.2, 0.25) is 5.88 Å². The van der Waals surface area contributed by atoms with Crippen LogP contribution in [-0.4, -0.2) is 22.5 Å². The van der Waals surface area contributed by atoms with Crippen LogP contribution in [0.15, 0.2) is 42.0 Å². The molecule has 0 aliphatic carbocycles. The molecular formula is C16H14FN3O2S. The van der Waals surface area contributed by atoms with Gasteiger partial charge >= 0.3 is 0 Å². The molecule has 0 unspecified atom stereocenters. The molecule has 0 saturated carbocycles. The van der Waals surface area contributed by atoms with E-state index in [0.29, 0.717) is 5.88 Å². The quantitative estimate of drug-likeness (QED) is 0.780. The molecule has 1 atom stereocenters. The second-order valence-corrected chi connectivity index (χ2v) is 5.84. The first-order valence-corrected chi connectivity index (χ1v) is 7.87. The molecule has 0 spiro atoms. The Hall–Kier alpha value is -2.54. The fourth-order valence-electron chi connectivity index (χ4n) is 2.13. The van der Waals surface area contributed by atoms with Crippen molar-refractivity contribution in [2.24, 2.45) is 0 Å². The number of carbonyl (C=O) groups excluding carboxylic acids is 1. The van der Waals surface area contributed by atoms with Crippen LogP contribution in [0.4, 0.5) is 4.39 Å². The van der Waals surface area contributed by atoms with Gasteiger partial charge in [0.1, 0.15) is 17.0 Å². The lowest BCUT2D eigenvalue weighted by atomic mass is 10.1. The van der Waals surface area contributed by atoms with Crippen LogP contribution in [0.2, 0.25) is 0 Å². The van der Waals surface area contributed by atoms with E-state index in [9.17, 15) is 9.18 Å². The Bertz CT molecular complexity index is 820. The van der Waals surface area contributed by atoms with Crippen LogP contribution in [-0.2, 0) is 4.79 Å². The fraction of sp³-hybridized carbons (Fsp3) is 0.188. The summed E-state index contributed by atoms with van der Waals surface area (Å²) < 4.78 is 18.4. The number of benzene rings is 1. The zero-order valence-electron chi connectivity index (χ0n) is 12.3. The summed E-state index contributed by atoms with van der Waals surface area (Å²) in [6.07, 6.45) is 1.41. The summed E-state index contributed by atoms with van der Waals surface area (Å²) in [5, 5.41) is 5.48. The number of aromatic nitrogens is 2. The third-order valence-electron chi connectivity index (χ3n) is 3.31. The molecule has 23 heavy (non-hydrogen) atoms. The van der Waals surface area contributed by atoms with Crippen molar-refractivity contribution in [2.45, 2.75) is 13.0 Å². The zero-order valence-corrected chi connectivity index (χ0v) is 13.1. The van der Waals surface area contributed by atoms with Gasteiger partial charge in [0.15, 0.2) is 6.61 Å². The number of rotatable bonds is 5. The first-order valence-electron chi connectivity index (χ1n) is 6.99. The zero-order chi connectivity index (χ0) is 16.2. The van der Waals surface area contributed by atoms with E-state index in [2.05, 4.69) is 15.3 Å². The molecule has 2 heterocycles. The molecule has 118 valence electrons. The van der Waals surface area contributed by atoms with Crippen molar-refractivity contribution in [1.82, 2.24) is 15.3 Å². The van der Waals surface area contributed by atoms with E-state index in [1.165, 1.54) is 29.8 Å². The predicted molar refractivity (Wildman–Crippen MR) is 85.9 cm³/mol. The van der Waals surface area contributed by atoms with Gasteiger partial charge in [-0.05, 0) is 36.1 Å². The van der Waals surface area contributed by atoms with E-state index < -0.39 is 0 Å². The number of thiophene rings is 1. The van der Waals surface area contributed by atoms with Crippen LogP contribution < -0.4 is 10.1 Å². The highest BCUT2D eigenvalue weighted by Crippen LogP contribution is 2.25. The van der Waals surface area contributed by atoms with Crippen molar-refractivity contribution in [3.63, 3.8) is 0 Å². The van der Waals surface area contributed by atoms with Crippen molar-refractivity contribution < 1.29 is 13.9 Å². The lowest BCUT2D eigenvalue weighted by Crippen LogP contribution is -2.31. The van der Waals surface area contributed by atoms with Gasteiger partial charge in [0, 0.05) is 0 Å². The molecule has 1 N–H and O–H groups in total. The van der Waals surface area contributed by atoms with Crippen molar-refractivity contribution in [1.29, 1.82) is 0 Å². The van der Waals surface area contributed by atoms with E-state index in [-0.39, 0.29) is 24.4 Å². The molecule has 5 nitrogen and oxygen atoms in total. The molecule has 0 bridgehead atoms. The first-order chi connectivity index (χ1) is 11.1. The summed E-state index contributed by atoms with van der Waals surface area (Å²) in [5.41, 5.74) is 0.821. The van der Waals surface area contributed by atoms with Crippen LogP contribution >= 0.6 is 11.3 Å². The van der Waals surface area contributed by atoms with Crippen LogP contribution in [0.25, 0.3) is 10.2 Å². The molecule has 0 saturated heterocycles. The lowest BCUT2D eigenvalue weighted by molar-refractivity contribution is -0.123. The topological polar surface area (TPSA) is 64.1 Å². The van der Waals surface area contributed by atoms with Crippen molar-refractivity contribution in [2.75, 3.05) is 6.61 Å². The molecule has 1 aromatic carbocycles. The summed E-state index contributed by atoms with van der Waals surface area (Å²) in [6, 6.07) is 7.62. The number of halogens is 1. The Morgan fingerprint density at radius 2 is 2.09 bits per heavy atom. The number of amides is 1. The van der Waals surface area contributed by atoms with Gasteiger partial charge in [-0.3, -0.25) is 4.79 Å². The molecule has 1 amide bonds. The maximum atomic E-state index is 12.9. The third-order valence-corrected chi connectivity index (χ3v) is 4.13. The van der Waals surface area contributed by atoms with Gasteiger partial charge in [0.05, 0.1) is 11.4 Å². The summed E-state index contributed by atoms with van der Waals surface area (Å²) >= 11 is 1.48. The largest absolute Gasteiger partial charge is 0.467 e. The Morgan fingerprint density at radius 3 is 2.87 bits per heavy atom. The highest BCUT2D eigenvalue weighted by molar-refractivity contribution is 7.16. The van der Waals surface area contributed by atoms with Gasteiger partial charge in [-0.25, -0.2) is 14.4 Å². The second kappa shape index (κ2) is 6.70. The van der Waals surface area contributed by atoms with E-state index >= 15 is 0 Å². The van der Waals surface area contributed by atoms with Crippen molar-refractivity contribution >= 4 is 27.5 Å². The Morgan fingerprint density at radius 1 is 1.30 bits per heavy atom. The Labute approximate surface area is 136 Å². The van der Waals surface area contributed by atoms with Crippen LogP contribution in [0.3, 0.4) is 0 Å². The molecule has 0 aliphatic heterocycles. The van der Waals surface area contributed by atoms with Gasteiger partial charge in [0.25, 0.3) is 5.91 Å². The molecule has 2 aromatic heterocycles. The second-order valence-electron chi connectivity index (χ2n) is 4.95. The summed E-state index contributed by atoms with van der Waals surface area (Å²) in [6.45, 7) is 1.68. The smallest absolute Gasteiger partial charge is 0.258 e. The summed E-state index contributed by atoms with van der Waals surface area (Å²) in [4.78, 5) is 21.0. The number of nitrogens with one attached hydrogen (secondary N) is 1. The van der Waals surface area contributed by atoms with Gasteiger partial charge < -0.3 is 10.1 Å². The molecule has 3 rings (SSSR count). The third kappa shape index (κ3) is 3.62. The average molecular weight is 331 g/mol. The van der Waals surface area contributed by atoms with Gasteiger partial charge in [-0.1, -0.05) is 12.1 Å². The number of ether oxygens (including phenoxy) is 1. The minimum Gasteiger partial charge on any atom is -0.467 e. The number of hydrogen-bond donors (Lipinski definition) is 1. The normalized spacial score (nSPS) is 12.1. The predicted octanol–water partition coefficient (Wildman–Crippen LogP) is 3.09. The van der Waals surface area contributed by atoms with Gasteiger partial charge in [-0.15, -0.1) is 11.3 Å². The van der Waals surface area contributed by atoms with Crippen molar-refractivity contribution in [3.8, 4) is 5.88 Å². The standard InChI is InChI=1S/C16H14FN3O2S/c1-10(11-2-4-12(17)5-3-11)20-14(21)8-22-15-13-6-7-23-16(13)19-9-18-15/h2-7,9-10H,8H2,1H3,(H,20,21)/t10-/m0/s1. The minimum atomic E-state index is -0.306. The van der Waals surface area contributed by atoms with E-state index in [1.54, 1.807) is 12.1 Å². The average Bonchev–Trinajstić information content (AvgIpc) is 3.02. The van der Waals surface area contributed by atoms with E-state index in [1.807, 2.05) is 18.4 Å². The summed E-state index contributed by atoms with van der Waals surface area (Å²) in [7, 11) is 0. The SMILES string of the molecule is C[C@H](NC(=O)COc1ncnc2sccc12)c1ccc(F)cc1. The lowest BCUT2D eigenvalue weighted by Gasteiger charge is -2.14. The van der Waals surface area contributed by atoms with Crippen LogP contribution in [0.5, 0.6) is 5.88 Å². The maximum absolute atomic E-state index is 12.9. The number of hydrogen-bond acceptors (Lipinski definition) is 5. The first kappa shape index (κ1) is 15.4. The number of carbonyl (C=O) groups is 1. The van der Waals surface area contributed by atoms with Crippen LogP contribution in [0, 0.1) is 5.82 Å². The molecule has 0 aliphatic rings. The Balaban J connectivity index is 1.59. The Kier molecular flexibility index (Phi) is 4.47. The molecule has 7 heteroatoms. The molecule has 0 radical (unpaired) electrons. The summed E-state index contributed by atoms with van der Waals surface area (Å²) in [5.74, 6) is -0.191. The number of nitrogens with zero attached hydrogens (tertiary/aromatic N) is 2. The molecule has 3 aromatic rings. The van der Waals surface area contributed by atoms with Crippen LogP contribution in [0.1, 0.15) is 18.5 Å². The monoisotopic (exact) mass is 331 g/mol. The molecular weight excluding hydrogens is 317 g/mol. The highest BCUT2D eigenvalue weighted by atomic mass is 32.1. The molecule has 0 fully saturated rings. The van der Waals surface area contributed by atoms with Gasteiger partial charge in [-0.2, -0.15) is 0 Å². The van der Waals surface area contributed by atoms with E-state index in [4.69, 9.17) is 4.74 Å². The minimum absolute atomic E-state index is 0.145. The highest BCUT2D eigenvalue weighted by Gasteiger charge is 2.12.